The summed E-state index contributed by atoms with van der Waals surface area (Å²) in [6.45, 7) is 1.83. The molecule has 0 aromatic heterocycles. The minimum atomic E-state index is -0.966. The van der Waals surface area contributed by atoms with Crippen molar-refractivity contribution in [2.24, 2.45) is 5.92 Å². The quantitative estimate of drug-likeness (QED) is 0.830. The van der Waals surface area contributed by atoms with Gasteiger partial charge in [0, 0.05) is 12.1 Å². The Balaban J connectivity index is 2.23. The second-order valence-electron chi connectivity index (χ2n) is 4.97. The van der Waals surface area contributed by atoms with Crippen LogP contribution in [0.15, 0.2) is 24.3 Å². The Hall–Kier alpha value is -2.17. The summed E-state index contributed by atoms with van der Waals surface area (Å²) in [6, 6.07) is 6.95. The molecule has 1 aromatic rings. The van der Waals surface area contributed by atoms with Crippen LogP contribution in [0.25, 0.3) is 0 Å². The third kappa shape index (κ3) is 2.71. The lowest BCUT2D eigenvalue weighted by Gasteiger charge is -2.28. The molecule has 0 bridgehead atoms. The van der Waals surface area contributed by atoms with Crippen LogP contribution in [0.5, 0.6) is 0 Å². The van der Waals surface area contributed by atoms with Gasteiger partial charge in [0.15, 0.2) is 0 Å². The lowest BCUT2D eigenvalue weighted by Crippen LogP contribution is -2.46. The Morgan fingerprint density at radius 2 is 2.05 bits per heavy atom. The average Bonchev–Trinajstić information content (AvgIpc) is 2.42. The zero-order valence-corrected chi connectivity index (χ0v) is 11.3. The van der Waals surface area contributed by atoms with Gasteiger partial charge >= 0.3 is 5.97 Å². The van der Waals surface area contributed by atoms with E-state index in [1.165, 1.54) is 0 Å². The Kier molecular flexibility index (Phi) is 4.17. The first-order valence-corrected chi connectivity index (χ1v) is 6.70. The molecule has 0 saturated carbocycles. The molecular formula is C15H17NO4. The number of benzene rings is 1. The molecule has 0 fully saturated rings. The van der Waals surface area contributed by atoms with E-state index in [9.17, 15) is 14.4 Å². The molecular weight excluding hydrogens is 258 g/mol. The number of aliphatic carboxylic acids is 1. The number of nitrogens with zero attached hydrogens (tertiary/aromatic N) is 1. The lowest BCUT2D eigenvalue weighted by atomic mass is 9.96. The first kappa shape index (κ1) is 14.2. The summed E-state index contributed by atoms with van der Waals surface area (Å²) in [6.07, 6.45) is 1.30. The van der Waals surface area contributed by atoms with Crippen LogP contribution in [0.4, 0.5) is 0 Å². The van der Waals surface area contributed by atoms with E-state index >= 15 is 0 Å². The summed E-state index contributed by atoms with van der Waals surface area (Å²) >= 11 is 0. The third-order valence-electron chi connectivity index (χ3n) is 3.52. The highest BCUT2D eigenvalue weighted by Crippen LogP contribution is 2.21. The molecule has 1 aliphatic rings. The van der Waals surface area contributed by atoms with Crippen molar-refractivity contribution in [3.8, 4) is 0 Å². The molecule has 0 aliphatic carbocycles. The number of carbonyl (C=O) groups excluding carboxylic acids is 2. The number of carboxylic acid groups (broad SMARTS) is 1. The number of fused-ring (bicyclic) bond motifs is 1. The van der Waals surface area contributed by atoms with Crippen LogP contribution >= 0.6 is 0 Å². The SMILES string of the molecule is CCCC(CN1C(=O)Cc2ccccc2C1=O)C(=O)O. The number of carbonyl (C=O) groups is 3. The van der Waals surface area contributed by atoms with Crippen LogP contribution in [-0.4, -0.2) is 34.3 Å². The molecule has 0 radical (unpaired) electrons. The van der Waals surface area contributed by atoms with E-state index in [0.717, 1.165) is 4.90 Å². The summed E-state index contributed by atoms with van der Waals surface area (Å²) in [7, 11) is 0. The fraction of sp³-hybridized carbons (Fsp3) is 0.400. The molecule has 0 saturated heterocycles. The van der Waals surface area contributed by atoms with Crippen molar-refractivity contribution in [3.05, 3.63) is 35.4 Å². The van der Waals surface area contributed by atoms with E-state index in [1.54, 1.807) is 24.3 Å². The van der Waals surface area contributed by atoms with Crippen LogP contribution in [0.2, 0.25) is 0 Å². The molecule has 1 atom stereocenters. The normalized spacial score (nSPS) is 15.9. The minimum absolute atomic E-state index is 0.0465. The Morgan fingerprint density at radius 1 is 1.35 bits per heavy atom. The Morgan fingerprint density at radius 3 is 2.70 bits per heavy atom. The molecule has 1 aromatic carbocycles. The molecule has 1 N–H and O–H groups in total. The molecule has 5 heteroatoms. The van der Waals surface area contributed by atoms with Gasteiger partial charge in [-0.25, -0.2) is 0 Å². The van der Waals surface area contributed by atoms with E-state index in [2.05, 4.69) is 0 Å². The smallest absolute Gasteiger partial charge is 0.308 e. The number of carboxylic acids is 1. The molecule has 0 spiro atoms. The molecule has 2 rings (SSSR count). The monoisotopic (exact) mass is 275 g/mol. The van der Waals surface area contributed by atoms with Gasteiger partial charge in [0.05, 0.1) is 12.3 Å². The fourth-order valence-electron chi connectivity index (χ4n) is 2.45. The fourth-order valence-corrected chi connectivity index (χ4v) is 2.45. The van der Waals surface area contributed by atoms with Gasteiger partial charge in [0.25, 0.3) is 5.91 Å². The summed E-state index contributed by atoms with van der Waals surface area (Å²) in [5.41, 5.74) is 1.20. The third-order valence-corrected chi connectivity index (χ3v) is 3.52. The van der Waals surface area contributed by atoms with Crippen molar-refractivity contribution in [2.45, 2.75) is 26.2 Å². The predicted octanol–water partition coefficient (Wildman–Crippen LogP) is 1.71. The van der Waals surface area contributed by atoms with Gasteiger partial charge in [0.2, 0.25) is 5.91 Å². The molecule has 5 nitrogen and oxygen atoms in total. The number of amides is 2. The minimum Gasteiger partial charge on any atom is -0.481 e. The van der Waals surface area contributed by atoms with Crippen LogP contribution in [-0.2, 0) is 16.0 Å². The average molecular weight is 275 g/mol. The summed E-state index contributed by atoms with van der Waals surface area (Å²) in [5.74, 6) is -2.38. The highest BCUT2D eigenvalue weighted by molar-refractivity contribution is 6.09. The largest absolute Gasteiger partial charge is 0.481 e. The summed E-state index contributed by atoms with van der Waals surface area (Å²) < 4.78 is 0. The lowest BCUT2D eigenvalue weighted by molar-refractivity contribution is -0.143. The molecule has 2 amide bonds. The van der Waals surface area contributed by atoms with Crippen LogP contribution < -0.4 is 0 Å². The second-order valence-corrected chi connectivity index (χ2v) is 4.97. The van der Waals surface area contributed by atoms with Gasteiger partial charge in [-0.3, -0.25) is 19.3 Å². The van der Waals surface area contributed by atoms with Crippen LogP contribution in [0.3, 0.4) is 0 Å². The second kappa shape index (κ2) is 5.86. The number of imide groups is 1. The first-order chi connectivity index (χ1) is 9.54. The first-order valence-electron chi connectivity index (χ1n) is 6.70. The standard InChI is InChI=1S/C15H17NO4/c1-2-5-11(15(19)20)9-16-13(17)8-10-6-3-4-7-12(10)14(16)18/h3-4,6-7,11H,2,5,8-9H2,1H3,(H,19,20). The van der Waals surface area contributed by atoms with Crippen molar-refractivity contribution in [1.82, 2.24) is 4.90 Å². The van der Waals surface area contributed by atoms with Crippen molar-refractivity contribution < 1.29 is 19.5 Å². The van der Waals surface area contributed by atoms with Gasteiger partial charge in [0.1, 0.15) is 0 Å². The Bertz CT molecular complexity index is 553. The van der Waals surface area contributed by atoms with E-state index in [-0.39, 0.29) is 24.8 Å². The highest BCUT2D eigenvalue weighted by Gasteiger charge is 2.33. The van der Waals surface area contributed by atoms with Crippen LogP contribution in [0, 0.1) is 5.92 Å². The van der Waals surface area contributed by atoms with E-state index < -0.39 is 11.9 Å². The van der Waals surface area contributed by atoms with Crippen molar-refractivity contribution in [3.63, 3.8) is 0 Å². The van der Waals surface area contributed by atoms with Gasteiger partial charge in [-0.2, -0.15) is 0 Å². The maximum absolute atomic E-state index is 12.3. The topological polar surface area (TPSA) is 74.7 Å². The predicted molar refractivity (Wildman–Crippen MR) is 72.2 cm³/mol. The molecule has 1 unspecified atom stereocenters. The summed E-state index contributed by atoms with van der Waals surface area (Å²) in [5, 5.41) is 9.15. The molecule has 1 aliphatic heterocycles. The van der Waals surface area contributed by atoms with E-state index in [4.69, 9.17) is 5.11 Å². The van der Waals surface area contributed by atoms with Gasteiger partial charge in [-0.05, 0) is 18.1 Å². The zero-order chi connectivity index (χ0) is 14.7. The highest BCUT2D eigenvalue weighted by atomic mass is 16.4. The van der Waals surface area contributed by atoms with E-state index in [0.29, 0.717) is 24.0 Å². The van der Waals surface area contributed by atoms with Crippen molar-refractivity contribution >= 4 is 17.8 Å². The van der Waals surface area contributed by atoms with Crippen LogP contribution in [0.1, 0.15) is 35.7 Å². The summed E-state index contributed by atoms with van der Waals surface area (Å²) in [4.78, 5) is 36.6. The number of hydrogen-bond acceptors (Lipinski definition) is 3. The maximum atomic E-state index is 12.3. The maximum Gasteiger partial charge on any atom is 0.308 e. The molecule has 106 valence electrons. The van der Waals surface area contributed by atoms with Gasteiger partial charge < -0.3 is 5.11 Å². The number of hydrogen-bond donors (Lipinski definition) is 1. The van der Waals surface area contributed by atoms with Crippen molar-refractivity contribution in [2.75, 3.05) is 6.54 Å². The van der Waals surface area contributed by atoms with Crippen molar-refractivity contribution in [1.29, 1.82) is 0 Å². The van der Waals surface area contributed by atoms with E-state index in [1.807, 2.05) is 6.92 Å². The molecule has 1 heterocycles. The Labute approximate surface area is 117 Å². The number of rotatable bonds is 5. The zero-order valence-electron chi connectivity index (χ0n) is 11.3. The van der Waals surface area contributed by atoms with Gasteiger partial charge in [-0.1, -0.05) is 31.5 Å². The molecule has 20 heavy (non-hydrogen) atoms. The van der Waals surface area contributed by atoms with Gasteiger partial charge in [-0.15, -0.1) is 0 Å².